The van der Waals surface area contributed by atoms with Gasteiger partial charge in [0.25, 0.3) is 0 Å². The molecule has 0 aliphatic carbocycles. The molecule has 0 aliphatic heterocycles. The Balaban J connectivity index is 3.32. The zero-order chi connectivity index (χ0) is 10.8. The van der Waals surface area contributed by atoms with Crippen molar-refractivity contribution in [2.45, 2.75) is 19.8 Å². The van der Waals surface area contributed by atoms with E-state index in [1.165, 1.54) is 7.11 Å². The van der Waals surface area contributed by atoms with E-state index >= 15 is 0 Å². The number of esters is 1. The highest BCUT2D eigenvalue weighted by atomic mass is 16.5. The summed E-state index contributed by atoms with van der Waals surface area (Å²) in [6.45, 7) is 2.96. The first kappa shape index (κ1) is 12.9. The first-order valence-electron chi connectivity index (χ1n) is 4.62. The molecule has 82 valence electrons. The van der Waals surface area contributed by atoms with Crippen LogP contribution in [0.2, 0.25) is 0 Å². The maximum absolute atomic E-state index is 11.0. The smallest absolute Gasteiger partial charge is 0.325 e. The standard InChI is InChI=1S/C9H17NO4/c1-3-5-14-6-4-8(11)10-7-9(12)13-2/h3-7H2,1-2H3,(H,10,11). The van der Waals surface area contributed by atoms with Gasteiger partial charge in [0, 0.05) is 13.0 Å². The summed E-state index contributed by atoms with van der Waals surface area (Å²) in [6.07, 6.45) is 1.21. The molecule has 0 aromatic rings. The average molecular weight is 203 g/mol. The van der Waals surface area contributed by atoms with Crippen LogP contribution in [0.15, 0.2) is 0 Å². The average Bonchev–Trinajstić information content (AvgIpc) is 2.21. The molecule has 0 aliphatic rings. The van der Waals surface area contributed by atoms with Gasteiger partial charge in [0.2, 0.25) is 5.91 Å². The van der Waals surface area contributed by atoms with E-state index in [2.05, 4.69) is 10.1 Å². The lowest BCUT2D eigenvalue weighted by Gasteiger charge is -2.04. The number of hydrogen-bond acceptors (Lipinski definition) is 4. The van der Waals surface area contributed by atoms with Gasteiger partial charge in [-0.1, -0.05) is 6.92 Å². The monoisotopic (exact) mass is 203 g/mol. The molecule has 1 amide bonds. The van der Waals surface area contributed by atoms with Gasteiger partial charge in [-0.15, -0.1) is 0 Å². The Kier molecular flexibility index (Phi) is 7.83. The Morgan fingerprint density at radius 3 is 2.57 bits per heavy atom. The van der Waals surface area contributed by atoms with Gasteiger partial charge < -0.3 is 14.8 Å². The highest BCUT2D eigenvalue weighted by Crippen LogP contribution is 1.85. The molecule has 0 saturated carbocycles. The molecule has 0 fully saturated rings. The van der Waals surface area contributed by atoms with Gasteiger partial charge in [-0.25, -0.2) is 0 Å². The van der Waals surface area contributed by atoms with E-state index in [0.29, 0.717) is 13.2 Å². The number of amides is 1. The number of rotatable bonds is 7. The van der Waals surface area contributed by atoms with Crippen LogP contribution in [0, 0.1) is 0 Å². The molecule has 0 radical (unpaired) electrons. The molecule has 0 atom stereocenters. The minimum Gasteiger partial charge on any atom is -0.468 e. The molecule has 0 rings (SSSR count). The van der Waals surface area contributed by atoms with Gasteiger partial charge in [0.05, 0.1) is 13.7 Å². The molecule has 0 aromatic heterocycles. The van der Waals surface area contributed by atoms with E-state index in [1.807, 2.05) is 6.92 Å². The lowest BCUT2D eigenvalue weighted by atomic mass is 10.4. The zero-order valence-corrected chi connectivity index (χ0v) is 8.67. The second-order valence-electron chi connectivity index (χ2n) is 2.72. The van der Waals surface area contributed by atoms with Crippen molar-refractivity contribution < 1.29 is 19.1 Å². The Morgan fingerprint density at radius 1 is 1.29 bits per heavy atom. The Morgan fingerprint density at radius 2 is 2.00 bits per heavy atom. The largest absolute Gasteiger partial charge is 0.468 e. The number of ether oxygens (including phenoxy) is 2. The molecule has 0 aromatic carbocycles. The number of methoxy groups -OCH3 is 1. The van der Waals surface area contributed by atoms with Crippen molar-refractivity contribution in [1.82, 2.24) is 5.32 Å². The van der Waals surface area contributed by atoms with Gasteiger partial charge in [-0.05, 0) is 6.42 Å². The molecule has 5 nitrogen and oxygen atoms in total. The Labute approximate surface area is 83.8 Å². The molecule has 0 unspecified atom stereocenters. The highest BCUT2D eigenvalue weighted by Gasteiger charge is 2.04. The molecule has 14 heavy (non-hydrogen) atoms. The van der Waals surface area contributed by atoms with Crippen LogP contribution < -0.4 is 5.32 Å². The molecule has 1 N–H and O–H groups in total. The van der Waals surface area contributed by atoms with E-state index in [9.17, 15) is 9.59 Å². The minimum absolute atomic E-state index is 0.0802. The lowest BCUT2D eigenvalue weighted by Crippen LogP contribution is -2.30. The summed E-state index contributed by atoms with van der Waals surface area (Å²) in [5.74, 6) is -0.653. The Hall–Kier alpha value is -1.10. The van der Waals surface area contributed by atoms with Gasteiger partial charge >= 0.3 is 5.97 Å². The number of carbonyl (C=O) groups excluding carboxylic acids is 2. The molecule has 0 bridgehead atoms. The minimum atomic E-state index is -0.451. The topological polar surface area (TPSA) is 64.6 Å². The first-order valence-corrected chi connectivity index (χ1v) is 4.62. The molecule has 0 heterocycles. The molecular formula is C9H17NO4. The second-order valence-corrected chi connectivity index (χ2v) is 2.72. The summed E-state index contributed by atoms with van der Waals surface area (Å²) < 4.78 is 9.47. The summed E-state index contributed by atoms with van der Waals surface area (Å²) in [4.78, 5) is 21.7. The van der Waals surface area contributed by atoms with E-state index in [0.717, 1.165) is 6.42 Å². The van der Waals surface area contributed by atoms with Crippen molar-refractivity contribution in [1.29, 1.82) is 0 Å². The van der Waals surface area contributed by atoms with Crippen LogP contribution in [-0.4, -0.2) is 38.7 Å². The fourth-order valence-electron chi connectivity index (χ4n) is 0.743. The second kappa shape index (κ2) is 8.50. The van der Waals surface area contributed by atoms with Crippen LogP contribution in [0.25, 0.3) is 0 Å². The van der Waals surface area contributed by atoms with Crippen LogP contribution >= 0.6 is 0 Å². The summed E-state index contributed by atoms with van der Waals surface area (Å²) in [5.41, 5.74) is 0. The number of carbonyl (C=O) groups is 2. The third-order valence-electron chi connectivity index (χ3n) is 1.48. The maximum atomic E-state index is 11.0. The van der Waals surface area contributed by atoms with Gasteiger partial charge in [0.1, 0.15) is 6.54 Å². The van der Waals surface area contributed by atoms with Crippen LogP contribution in [0.1, 0.15) is 19.8 Å². The number of nitrogens with one attached hydrogen (secondary N) is 1. The van der Waals surface area contributed by atoms with Crippen molar-refractivity contribution in [3.05, 3.63) is 0 Å². The van der Waals surface area contributed by atoms with Gasteiger partial charge in [-0.3, -0.25) is 9.59 Å². The zero-order valence-electron chi connectivity index (χ0n) is 8.67. The number of hydrogen-bond donors (Lipinski definition) is 1. The third-order valence-corrected chi connectivity index (χ3v) is 1.48. The van der Waals surface area contributed by atoms with Crippen LogP contribution in [0.4, 0.5) is 0 Å². The Bertz CT molecular complexity index is 182. The van der Waals surface area contributed by atoms with Crippen LogP contribution in [-0.2, 0) is 19.1 Å². The van der Waals surface area contributed by atoms with E-state index in [1.54, 1.807) is 0 Å². The summed E-state index contributed by atoms with van der Waals surface area (Å²) in [5, 5.41) is 2.42. The van der Waals surface area contributed by atoms with Crippen LogP contribution in [0.5, 0.6) is 0 Å². The van der Waals surface area contributed by atoms with Crippen molar-refractivity contribution in [3.8, 4) is 0 Å². The van der Waals surface area contributed by atoms with Crippen LogP contribution in [0.3, 0.4) is 0 Å². The maximum Gasteiger partial charge on any atom is 0.325 e. The molecule has 5 heteroatoms. The predicted octanol–water partition coefficient (Wildman–Crippen LogP) is 0.0923. The van der Waals surface area contributed by atoms with Gasteiger partial charge in [-0.2, -0.15) is 0 Å². The lowest BCUT2D eigenvalue weighted by molar-refractivity contribution is -0.141. The van der Waals surface area contributed by atoms with E-state index in [4.69, 9.17) is 4.74 Å². The summed E-state index contributed by atoms with van der Waals surface area (Å²) in [7, 11) is 1.28. The predicted molar refractivity (Wildman–Crippen MR) is 50.8 cm³/mol. The van der Waals surface area contributed by atoms with E-state index < -0.39 is 5.97 Å². The van der Waals surface area contributed by atoms with Crippen molar-refractivity contribution in [2.75, 3.05) is 26.9 Å². The quantitative estimate of drug-likeness (QED) is 0.470. The molecular weight excluding hydrogens is 186 g/mol. The normalized spacial score (nSPS) is 9.57. The fourth-order valence-corrected chi connectivity index (χ4v) is 0.743. The van der Waals surface area contributed by atoms with Crippen molar-refractivity contribution in [3.63, 3.8) is 0 Å². The SMILES string of the molecule is CCCOCCC(=O)NCC(=O)OC. The fraction of sp³-hybridized carbons (Fsp3) is 0.778. The summed E-state index contributed by atoms with van der Waals surface area (Å²) >= 11 is 0. The first-order chi connectivity index (χ1) is 6.70. The van der Waals surface area contributed by atoms with E-state index in [-0.39, 0.29) is 18.9 Å². The summed E-state index contributed by atoms with van der Waals surface area (Å²) in [6, 6.07) is 0. The highest BCUT2D eigenvalue weighted by molar-refractivity contribution is 5.81. The van der Waals surface area contributed by atoms with Gasteiger partial charge in [0.15, 0.2) is 0 Å². The molecule has 0 spiro atoms. The third kappa shape index (κ3) is 7.54. The molecule has 0 saturated heterocycles. The van der Waals surface area contributed by atoms with Crippen molar-refractivity contribution in [2.24, 2.45) is 0 Å². The van der Waals surface area contributed by atoms with Crippen molar-refractivity contribution >= 4 is 11.9 Å².